The van der Waals surface area contributed by atoms with E-state index in [2.05, 4.69) is 15.9 Å². The third kappa shape index (κ3) is 1.54. The number of carbonyl (C=O) groups excluding carboxylic acids is 1. The maximum Gasteiger partial charge on any atom is 0.320 e. The second-order valence-electron chi connectivity index (χ2n) is 6.17. The first-order valence-electron chi connectivity index (χ1n) is 6.35. The Kier molecular flexibility index (Phi) is 2.58. The molecule has 1 atom stereocenters. The van der Waals surface area contributed by atoms with Crippen molar-refractivity contribution < 1.29 is 9.53 Å². The van der Waals surface area contributed by atoms with Crippen LogP contribution in [0.25, 0.3) is 0 Å². The van der Waals surface area contributed by atoms with E-state index in [0.29, 0.717) is 0 Å². The van der Waals surface area contributed by atoms with Gasteiger partial charge in [0.1, 0.15) is 4.83 Å². The van der Waals surface area contributed by atoms with E-state index in [1.807, 2.05) is 0 Å². The molecule has 0 N–H and O–H groups in total. The summed E-state index contributed by atoms with van der Waals surface area (Å²) in [5.41, 5.74) is 0.224. The van der Waals surface area contributed by atoms with E-state index in [1.54, 1.807) is 0 Å². The Morgan fingerprint density at radius 3 is 2.00 bits per heavy atom. The Labute approximate surface area is 105 Å². The predicted octanol–water partition coefficient (Wildman–Crippen LogP) is 3.14. The highest BCUT2D eigenvalue weighted by molar-refractivity contribution is 9.10. The molecule has 16 heavy (non-hydrogen) atoms. The van der Waals surface area contributed by atoms with Crippen LogP contribution in [0, 0.1) is 23.2 Å². The van der Waals surface area contributed by atoms with Gasteiger partial charge in [-0.05, 0) is 61.7 Å². The molecule has 0 aromatic rings. The van der Waals surface area contributed by atoms with Crippen molar-refractivity contribution >= 4 is 21.9 Å². The minimum atomic E-state index is -0.0709. The quantitative estimate of drug-likeness (QED) is 0.576. The molecule has 1 unspecified atom stereocenters. The monoisotopic (exact) mass is 286 g/mol. The molecule has 4 bridgehead atoms. The van der Waals surface area contributed by atoms with Crippen LogP contribution in [0.4, 0.5) is 0 Å². The summed E-state index contributed by atoms with van der Waals surface area (Å²) in [4.78, 5) is 11.7. The summed E-state index contributed by atoms with van der Waals surface area (Å²) in [7, 11) is 1.50. The molecule has 0 aliphatic heterocycles. The second-order valence-corrected chi connectivity index (χ2v) is 7.08. The fourth-order valence-electron chi connectivity index (χ4n) is 4.84. The summed E-state index contributed by atoms with van der Waals surface area (Å²) < 4.78 is 4.92. The van der Waals surface area contributed by atoms with E-state index in [1.165, 1.54) is 45.6 Å². The zero-order chi connectivity index (χ0) is 11.3. The molecule has 0 aromatic carbocycles. The normalized spacial score (nSPS) is 46.8. The van der Waals surface area contributed by atoms with E-state index < -0.39 is 0 Å². The zero-order valence-corrected chi connectivity index (χ0v) is 11.3. The second kappa shape index (κ2) is 3.72. The number of esters is 1. The highest BCUT2D eigenvalue weighted by Gasteiger charge is 2.55. The molecule has 4 saturated carbocycles. The maximum absolute atomic E-state index is 11.8. The minimum Gasteiger partial charge on any atom is -0.468 e. The number of rotatable bonds is 2. The van der Waals surface area contributed by atoms with Crippen LogP contribution in [-0.2, 0) is 9.53 Å². The number of hydrogen-bond donors (Lipinski definition) is 0. The van der Waals surface area contributed by atoms with Crippen molar-refractivity contribution in [2.45, 2.75) is 43.4 Å². The lowest BCUT2D eigenvalue weighted by atomic mass is 9.49. The van der Waals surface area contributed by atoms with E-state index in [9.17, 15) is 4.79 Å². The third-order valence-corrected chi connectivity index (χ3v) is 6.38. The first-order valence-corrected chi connectivity index (χ1v) is 7.26. The highest BCUT2D eigenvalue weighted by atomic mass is 79.9. The van der Waals surface area contributed by atoms with Crippen molar-refractivity contribution in [2.24, 2.45) is 23.2 Å². The zero-order valence-electron chi connectivity index (χ0n) is 9.75. The van der Waals surface area contributed by atoms with E-state index in [-0.39, 0.29) is 16.2 Å². The van der Waals surface area contributed by atoms with Gasteiger partial charge in [0, 0.05) is 0 Å². The van der Waals surface area contributed by atoms with Crippen molar-refractivity contribution in [3.05, 3.63) is 0 Å². The first kappa shape index (κ1) is 11.1. The number of carbonyl (C=O) groups is 1. The van der Waals surface area contributed by atoms with Crippen molar-refractivity contribution in [1.82, 2.24) is 0 Å². The molecule has 3 heteroatoms. The molecule has 2 nitrogen and oxygen atoms in total. The van der Waals surface area contributed by atoms with Crippen molar-refractivity contribution in [1.29, 1.82) is 0 Å². The van der Waals surface area contributed by atoms with Crippen molar-refractivity contribution in [3.8, 4) is 0 Å². The van der Waals surface area contributed by atoms with Crippen LogP contribution in [-0.4, -0.2) is 17.9 Å². The van der Waals surface area contributed by atoms with Crippen molar-refractivity contribution in [3.63, 3.8) is 0 Å². The van der Waals surface area contributed by atoms with Gasteiger partial charge in [0.25, 0.3) is 0 Å². The smallest absolute Gasteiger partial charge is 0.320 e. The van der Waals surface area contributed by atoms with Crippen LogP contribution < -0.4 is 0 Å². The maximum atomic E-state index is 11.8. The summed E-state index contributed by atoms with van der Waals surface area (Å²) >= 11 is 3.62. The molecule has 0 radical (unpaired) electrons. The standard InChI is InChI=1S/C13H19BrO2/c1-16-12(15)11(14)13-5-8-2-9(6-13)4-10(3-8)7-13/h8-11H,2-7H2,1H3. The predicted molar refractivity (Wildman–Crippen MR) is 65.3 cm³/mol. The Morgan fingerprint density at radius 1 is 1.19 bits per heavy atom. The fraction of sp³-hybridized carbons (Fsp3) is 0.923. The molecule has 0 aromatic heterocycles. The van der Waals surface area contributed by atoms with Gasteiger partial charge < -0.3 is 4.74 Å². The van der Waals surface area contributed by atoms with Crippen LogP contribution in [0.15, 0.2) is 0 Å². The number of ether oxygens (including phenoxy) is 1. The average Bonchev–Trinajstić information content (AvgIpc) is 2.25. The lowest BCUT2D eigenvalue weighted by molar-refractivity contribution is -0.147. The topological polar surface area (TPSA) is 26.3 Å². The summed E-state index contributed by atoms with van der Waals surface area (Å²) in [6.07, 6.45) is 7.97. The molecule has 4 aliphatic rings. The number of hydrogen-bond acceptors (Lipinski definition) is 2. The number of methoxy groups -OCH3 is 1. The molecular formula is C13H19BrO2. The lowest BCUT2D eigenvalue weighted by Gasteiger charge is -2.57. The van der Waals surface area contributed by atoms with Gasteiger partial charge in [-0.3, -0.25) is 4.79 Å². The highest BCUT2D eigenvalue weighted by Crippen LogP contribution is 2.62. The van der Waals surface area contributed by atoms with Gasteiger partial charge in [-0.2, -0.15) is 0 Å². The fourth-order valence-corrected chi connectivity index (χ4v) is 5.59. The molecule has 4 fully saturated rings. The largest absolute Gasteiger partial charge is 0.468 e. The van der Waals surface area contributed by atoms with Crippen LogP contribution >= 0.6 is 15.9 Å². The Morgan fingerprint density at radius 2 is 1.62 bits per heavy atom. The Balaban J connectivity index is 1.85. The number of halogens is 1. The summed E-state index contributed by atoms with van der Waals surface area (Å²) in [5, 5.41) is 0. The molecular weight excluding hydrogens is 268 g/mol. The lowest BCUT2D eigenvalue weighted by Crippen LogP contribution is -2.52. The van der Waals surface area contributed by atoms with Gasteiger partial charge in [-0.25, -0.2) is 0 Å². The molecule has 4 aliphatic carbocycles. The molecule has 0 heterocycles. The third-order valence-electron chi connectivity index (χ3n) is 5.03. The van der Waals surface area contributed by atoms with E-state index >= 15 is 0 Å². The Hall–Kier alpha value is -0.0500. The van der Waals surface area contributed by atoms with Gasteiger partial charge in [-0.15, -0.1) is 0 Å². The average molecular weight is 287 g/mol. The summed E-state index contributed by atoms with van der Waals surface area (Å²) in [5.74, 6) is 2.59. The molecule has 0 saturated heterocycles. The minimum absolute atomic E-state index is 0.0676. The van der Waals surface area contributed by atoms with Crippen molar-refractivity contribution in [2.75, 3.05) is 7.11 Å². The van der Waals surface area contributed by atoms with Gasteiger partial charge in [0.15, 0.2) is 0 Å². The summed E-state index contributed by atoms with van der Waals surface area (Å²) in [6, 6.07) is 0. The van der Waals surface area contributed by atoms with Crippen LogP contribution in [0.1, 0.15) is 38.5 Å². The Bertz CT molecular complexity index is 278. The van der Waals surface area contributed by atoms with E-state index in [4.69, 9.17) is 4.74 Å². The van der Waals surface area contributed by atoms with Gasteiger partial charge in [0.2, 0.25) is 0 Å². The van der Waals surface area contributed by atoms with Gasteiger partial charge >= 0.3 is 5.97 Å². The van der Waals surface area contributed by atoms with Crippen LogP contribution in [0.5, 0.6) is 0 Å². The first-order chi connectivity index (χ1) is 7.63. The number of alkyl halides is 1. The van der Waals surface area contributed by atoms with Gasteiger partial charge in [0.05, 0.1) is 7.11 Å². The van der Waals surface area contributed by atoms with E-state index in [0.717, 1.165) is 17.8 Å². The molecule has 90 valence electrons. The molecule has 0 spiro atoms. The van der Waals surface area contributed by atoms with Crippen LogP contribution in [0.2, 0.25) is 0 Å². The van der Waals surface area contributed by atoms with Crippen LogP contribution in [0.3, 0.4) is 0 Å². The summed E-state index contributed by atoms with van der Waals surface area (Å²) in [6.45, 7) is 0. The molecule has 0 amide bonds. The molecule has 4 rings (SSSR count). The van der Waals surface area contributed by atoms with Gasteiger partial charge in [-0.1, -0.05) is 15.9 Å². The SMILES string of the molecule is COC(=O)C(Br)C12CC3CC(CC(C3)C1)C2.